The molecule has 1 aromatic carbocycles. The predicted molar refractivity (Wildman–Crippen MR) is 154 cm³/mol. The maximum absolute atomic E-state index is 12.3. The van der Waals surface area contributed by atoms with E-state index in [1.165, 1.54) is 11.1 Å². The van der Waals surface area contributed by atoms with Gasteiger partial charge >= 0.3 is 0 Å². The fourth-order valence-corrected chi connectivity index (χ4v) is 4.67. The molecular formula is C29H48N4O8. The zero-order chi connectivity index (χ0) is 29.0. The van der Waals surface area contributed by atoms with Crippen LogP contribution in [0, 0.1) is 0 Å². The lowest BCUT2D eigenvalue weighted by atomic mass is 10.0. The molecule has 2 aliphatic rings. The number of fused-ring (bicyclic) bond motifs is 1. The van der Waals surface area contributed by atoms with E-state index in [2.05, 4.69) is 27.7 Å². The summed E-state index contributed by atoms with van der Waals surface area (Å²) in [6.45, 7) is 9.40. The molecule has 3 rings (SSSR count). The molecule has 0 bridgehead atoms. The molecule has 4 N–H and O–H groups in total. The van der Waals surface area contributed by atoms with Gasteiger partial charge in [0, 0.05) is 38.3 Å². The van der Waals surface area contributed by atoms with Crippen LogP contribution in [-0.4, -0.2) is 115 Å². The highest BCUT2D eigenvalue weighted by atomic mass is 16.6. The first kappa shape index (κ1) is 33.3. The quantitative estimate of drug-likeness (QED) is 0.119. The number of amides is 2. The summed E-state index contributed by atoms with van der Waals surface area (Å²) < 4.78 is 33.1. The van der Waals surface area contributed by atoms with Crippen molar-refractivity contribution in [3.8, 4) is 0 Å². The van der Waals surface area contributed by atoms with Crippen LogP contribution in [0.25, 0.3) is 0 Å². The highest BCUT2D eigenvalue weighted by molar-refractivity contribution is 6.00. The van der Waals surface area contributed by atoms with Gasteiger partial charge in [0.05, 0.1) is 78.7 Å². The Labute approximate surface area is 243 Å². The standard InChI is InChI=1S/C29H48N4O8/c30-8-1-2-10-36-12-14-38-16-18-40-20-21-41-19-17-39-15-13-37-11-9-31-26-5-3-4-24-22-33(23-25(24)26)27-6-7-28(34)32-29(27)35/h3-5,27,31H,1-2,6-23,30H2,(H,32,34,35). The van der Waals surface area contributed by atoms with Gasteiger partial charge in [0.25, 0.3) is 0 Å². The van der Waals surface area contributed by atoms with Crippen LogP contribution < -0.4 is 16.4 Å². The Morgan fingerprint density at radius 3 is 1.95 bits per heavy atom. The van der Waals surface area contributed by atoms with Crippen molar-refractivity contribution in [1.82, 2.24) is 10.2 Å². The van der Waals surface area contributed by atoms with E-state index in [0.717, 1.165) is 25.1 Å². The van der Waals surface area contributed by atoms with Crippen molar-refractivity contribution in [2.75, 3.05) is 97.7 Å². The Balaban J connectivity index is 1.09. The number of anilines is 1. The summed E-state index contributed by atoms with van der Waals surface area (Å²) in [6.07, 6.45) is 2.94. The summed E-state index contributed by atoms with van der Waals surface area (Å²) in [5, 5.41) is 5.91. The second-order valence-electron chi connectivity index (χ2n) is 9.91. The molecule has 2 aliphatic heterocycles. The summed E-state index contributed by atoms with van der Waals surface area (Å²) in [4.78, 5) is 25.9. The lowest BCUT2D eigenvalue weighted by Crippen LogP contribution is -2.50. The number of benzene rings is 1. The van der Waals surface area contributed by atoms with Gasteiger partial charge in [0.15, 0.2) is 0 Å². The van der Waals surface area contributed by atoms with Gasteiger partial charge in [-0.3, -0.25) is 19.8 Å². The molecule has 2 heterocycles. The van der Waals surface area contributed by atoms with Crippen molar-refractivity contribution in [3.05, 3.63) is 29.3 Å². The minimum atomic E-state index is -0.256. The van der Waals surface area contributed by atoms with Crippen molar-refractivity contribution in [1.29, 1.82) is 0 Å². The van der Waals surface area contributed by atoms with Crippen molar-refractivity contribution in [2.45, 2.75) is 44.8 Å². The highest BCUT2D eigenvalue weighted by Crippen LogP contribution is 2.32. The average molecular weight is 581 g/mol. The van der Waals surface area contributed by atoms with Crippen LogP contribution in [0.1, 0.15) is 36.8 Å². The number of nitrogens with two attached hydrogens (primary N) is 1. The number of imide groups is 1. The van der Waals surface area contributed by atoms with Crippen LogP contribution in [0.2, 0.25) is 0 Å². The summed E-state index contributed by atoms with van der Waals surface area (Å²) in [7, 11) is 0. The van der Waals surface area contributed by atoms with Gasteiger partial charge in [0.1, 0.15) is 0 Å². The molecule has 1 aromatic rings. The number of rotatable bonds is 24. The second kappa shape index (κ2) is 20.7. The molecule has 12 nitrogen and oxygen atoms in total. The Morgan fingerprint density at radius 1 is 0.780 bits per heavy atom. The summed E-state index contributed by atoms with van der Waals surface area (Å²) >= 11 is 0. The molecule has 232 valence electrons. The summed E-state index contributed by atoms with van der Waals surface area (Å²) in [5.41, 5.74) is 8.91. The number of nitrogens with one attached hydrogen (secondary N) is 2. The smallest absolute Gasteiger partial charge is 0.243 e. The van der Waals surface area contributed by atoms with Crippen LogP contribution in [-0.2, 0) is 51.1 Å². The van der Waals surface area contributed by atoms with E-state index in [9.17, 15) is 9.59 Å². The van der Waals surface area contributed by atoms with Crippen molar-refractivity contribution in [3.63, 3.8) is 0 Å². The van der Waals surface area contributed by atoms with Crippen LogP contribution in [0.15, 0.2) is 18.2 Å². The minimum Gasteiger partial charge on any atom is -0.382 e. The molecule has 1 saturated heterocycles. The first-order valence-corrected chi connectivity index (χ1v) is 14.8. The Bertz CT molecular complexity index is 890. The number of nitrogens with zero attached hydrogens (tertiary/aromatic N) is 1. The van der Waals surface area contributed by atoms with Gasteiger partial charge in [-0.25, -0.2) is 0 Å². The van der Waals surface area contributed by atoms with E-state index in [4.69, 9.17) is 34.2 Å². The van der Waals surface area contributed by atoms with E-state index >= 15 is 0 Å². The van der Waals surface area contributed by atoms with E-state index in [-0.39, 0.29) is 17.9 Å². The molecule has 2 amide bonds. The molecule has 1 unspecified atom stereocenters. The molecule has 0 aromatic heterocycles. The van der Waals surface area contributed by atoms with E-state index in [1.807, 2.05) is 6.07 Å². The van der Waals surface area contributed by atoms with Gasteiger partial charge in [-0.1, -0.05) is 12.1 Å². The SMILES string of the molecule is NCCCCOCCOCCOCCOCCOCCOCCNc1cccc2c1CN(C1CCC(=O)NC1=O)C2. The normalized spacial score (nSPS) is 17.1. The van der Waals surface area contributed by atoms with Gasteiger partial charge in [-0.05, 0) is 43.0 Å². The number of piperidine rings is 1. The monoisotopic (exact) mass is 580 g/mol. The Kier molecular flexibility index (Phi) is 16.8. The topological polar surface area (TPSA) is 143 Å². The van der Waals surface area contributed by atoms with Crippen molar-refractivity contribution < 1.29 is 38.0 Å². The van der Waals surface area contributed by atoms with Gasteiger partial charge in [0.2, 0.25) is 11.8 Å². The molecule has 0 radical (unpaired) electrons. The van der Waals surface area contributed by atoms with Crippen LogP contribution in [0.3, 0.4) is 0 Å². The number of hydrogen-bond acceptors (Lipinski definition) is 11. The molecular weight excluding hydrogens is 532 g/mol. The first-order valence-electron chi connectivity index (χ1n) is 14.8. The molecule has 1 fully saturated rings. The maximum Gasteiger partial charge on any atom is 0.243 e. The van der Waals surface area contributed by atoms with Crippen molar-refractivity contribution in [2.24, 2.45) is 5.73 Å². The van der Waals surface area contributed by atoms with E-state index in [1.54, 1.807) is 0 Å². The zero-order valence-corrected chi connectivity index (χ0v) is 24.2. The van der Waals surface area contributed by atoms with Crippen LogP contribution in [0.5, 0.6) is 0 Å². The number of unbranched alkanes of at least 4 members (excludes halogenated alkanes) is 1. The molecule has 12 heteroatoms. The van der Waals surface area contributed by atoms with Crippen LogP contribution >= 0.6 is 0 Å². The molecule has 0 spiro atoms. The van der Waals surface area contributed by atoms with Crippen LogP contribution in [0.4, 0.5) is 5.69 Å². The van der Waals surface area contributed by atoms with E-state index in [0.29, 0.717) is 112 Å². The highest BCUT2D eigenvalue weighted by Gasteiger charge is 2.35. The van der Waals surface area contributed by atoms with Gasteiger partial charge < -0.3 is 39.5 Å². The molecule has 1 atom stereocenters. The second-order valence-corrected chi connectivity index (χ2v) is 9.91. The predicted octanol–water partition coefficient (Wildman–Crippen LogP) is 1.06. The fourth-order valence-electron chi connectivity index (χ4n) is 4.67. The van der Waals surface area contributed by atoms with E-state index < -0.39 is 0 Å². The lowest BCUT2D eigenvalue weighted by molar-refractivity contribution is -0.137. The average Bonchev–Trinajstić information content (AvgIpc) is 3.40. The maximum atomic E-state index is 12.3. The molecule has 41 heavy (non-hydrogen) atoms. The number of hydrogen-bond donors (Lipinski definition) is 3. The Morgan fingerprint density at radius 2 is 1.37 bits per heavy atom. The largest absolute Gasteiger partial charge is 0.382 e. The number of ether oxygens (including phenoxy) is 6. The molecule has 0 aliphatic carbocycles. The number of carbonyl (C=O) groups is 2. The minimum absolute atomic E-state index is 0.185. The third kappa shape index (κ3) is 13.1. The van der Waals surface area contributed by atoms with Crippen molar-refractivity contribution >= 4 is 17.5 Å². The third-order valence-corrected chi connectivity index (χ3v) is 6.82. The Hall–Kier alpha value is -2.16. The van der Waals surface area contributed by atoms with Gasteiger partial charge in [-0.2, -0.15) is 0 Å². The third-order valence-electron chi connectivity index (χ3n) is 6.82. The molecule has 0 saturated carbocycles. The number of carbonyl (C=O) groups excluding carboxylic acids is 2. The first-order chi connectivity index (χ1) is 20.2. The summed E-state index contributed by atoms with van der Waals surface area (Å²) in [6, 6.07) is 5.92. The lowest BCUT2D eigenvalue weighted by Gasteiger charge is -2.29. The fraction of sp³-hybridized carbons (Fsp3) is 0.724. The summed E-state index contributed by atoms with van der Waals surface area (Å²) in [5.74, 6) is -0.376. The van der Waals surface area contributed by atoms with Gasteiger partial charge in [-0.15, -0.1) is 0 Å². The zero-order valence-electron chi connectivity index (χ0n) is 24.2.